The molecule has 0 saturated heterocycles. The molecule has 0 unspecified atom stereocenters. The SMILES string of the molecule is CNCC(F)(F)CCC(=O)OC. The van der Waals surface area contributed by atoms with Crippen LogP contribution < -0.4 is 5.32 Å². The Morgan fingerprint density at radius 2 is 2.17 bits per heavy atom. The minimum Gasteiger partial charge on any atom is -0.469 e. The topological polar surface area (TPSA) is 38.3 Å². The molecule has 0 spiro atoms. The second-order valence-electron chi connectivity index (χ2n) is 2.46. The maximum Gasteiger partial charge on any atom is 0.305 e. The lowest BCUT2D eigenvalue weighted by Gasteiger charge is -2.14. The zero-order valence-corrected chi connectivity index (χ0v) is 7.19. The third-order valence-corrected chi connectivity index (χ3v) is 1.36. The molecular formula is C7H13F2NO2. The van der Waals surface area contributed by atoms with Gasteiger partial charge in [-0.15, -0.1) is 0 Å². The summed E-state index contributed by atoms with van der Waals surface area (Å²) in [6.07, 6.45) is -0.717. The zero-order chi connectivity index (χ0) is 9.61. The number of ether oxygens (including phenoxy) is 1. The van der Waals surface area contributed by atoms with Crippen LogP contribution in [0, 0.1) is 0 Å². The van der Waals surface area contributed by atoms with Gasteiger partial charge in [0.1, 0.15) is 0 Å². The first-order valence-corrected chi connectivity index (χ1v) is 3.61. The number of hydrogen-bond donors (Lipinski definition) is 1. The minimum atomic E-state index is -2.83. The third kappa shape index (κ3) is 5.01. The van der Waals surface area contributed by atoms with Gasteiger partial charge in [-0.3, -0.25) is 4.79 Å². The summed E-state index contributed by atoms with van der Waals surface area (Å²) in [5.41, 5.74) is 0. The molecule has 0 rings (SSSR count). The summed E-state index contributed by atoms with van der Waals surface area (Å²) in [4.78, 5) is 10.5. The number of carbonyl (C=O) groups is 1. The van der Waals surface area contributed by atoms with Crippen molar-refractivity contribution in [3.63, 3.8) is 0 Å². The number of methoxy groups -OCH3 is 1. The lowest BCUT2D eigenvalue weighted by Crippen LogP contribution is -2.31. The molecule has 72 valence electrons. The molecule has 0 amide bonds. The molecular weight excluding hydrogens is 168 g/mol. The molecule has 3 nitrogen and oxygen atoms in total. The molecule has 0 aliphatic heterocycles. The zero-order valence-electron chi connectivity index (χ0n) is 7.19. The van der Waals surface area contributed by atoms with Crippen LogP contribution in [-0.4, -0.2) is 32.6 Å². The fourth-order valence-corrected chi connectivity index (χ4v) is 0.734. The van der Waals surface area contributed by atoms with Crippen LogP contribution >= 0.6 is 0 Å². The Bertz CT molecular complexity index is 150. The van der Waals surface area contributed by atoms with E-state index in [2.05, 4.69) is 10.1 Å². The van der Waals surface area contributed by atoms with Gasteiger partial charge in [-0.1, -0.05) is 0 Å². The van der Waals surface area contributed by atoms with Gasteiger partial charge in [-0.25, -0.2) is 8.78 Å². The number of nitrogens with one attached hydrogen (secondary N) is 1. The van der Waals surface area contributed by atoms with E-state index in [-0.39, 0.29) is 6.42 Å². The second-order valence-corrected chi connectivity index (χ2v) is 2.46. The van der Waals surface area contributed by atoms with Gasteiger partial charge >= 0.3 is 5.97 Å². The van der Waals surface area contributed by atoms with Crippen LogP contribution in [0.3, 0.4) is 0 Å². The van der Waals surface area contributed by atoms with Crippen molar-refractivity contribution in [1.29, 1.82) is 0 Å². The van der Waals surface area contributed by atoms with Crippen molar-refractivity contribution in [3.8, 4) is 0 Å². The Hall–Kier alpha value is -0.710. The average Bonchev–Trinajstić information content (AvgIpc) is 2.00. The molecule has 0 radical (unpaired) electrons. The first kappa shape index (κ1) is 11.3. The predicted molar refractivity (Wildman–Crippen MR) is 40.1 cm³/mol. The van der Waals surface area contributed by atoms with Gasteiger partial charge in [-0.05, 0) is 7.05 Å². The first-order valence-electron chi connectivity index (χ1n) is 3.61. The van der Waals surface area contributed by atoms with Crippen molar-refractivity contribution in [2.45, 2.75) is 18.8 Å². The van der Waals surface area contributed by atoms with Crippen LogP contribution in [0.1, 0.15) is 12.8 Å². The lowest BCUT2D eigenvalue weighted by molar-refractivity contribution is -0.142. The smallest absolute Gasteiger partial charge is 0.305 e. The predicted octanol–water partition coefficient (Wildman–Crippen LogP) is 0.794. The highest BCUT2D eigenvalue weighted by molar-refractivity contribution is 5.69. The van der Waals surface area contributed by atoms with E-state index < -0.39 is 24.9 Å². The maximum absolute atomic E-state index is 12.7. The molecule has 0 heterocycles. The molecule has 0 atom stereocenters. The van der Waals surface area contributed by atoms with Crippen molar-refractivity contribution < 1.29 is 18.3 Å². The number of esters is 1. The van der Waals surface area contributed by atoms with Crippen molar-refractivity contribution in [1.82, 2.24) is 5.32 Å². The fraction of sp³-hybridized carbons (Fsp3) is 0.857. The third-order valence-electron chi connectivity index (χ3n) is 1.36. The number of alkyl halides is 2. The monoisotopic (exact) mass is 181 g/mol. The molecule has 0 fully saturated rings. The first-order chi connectivity index (χ1) is 5.52. The van der Waals surface area contributed by atoms with E-state index in [9.17, 15) is 13.6 Å². The number of carbonyl (C=O) groups excluding carboxylic acids is 1. The van der Waals surface area contributed by atoms with E-state index in [1.807, 2.05) is 0 Å². The molecule has 12 heavy (non-hydrogen) atoms. The number of hydrogen-bond acceptors (Lipinski definition) is 3. The Morgan fingerprint density at radius 1 is 1.58 bits per heavy atom. The van der Waals surface area contributed by atoms with Crippen molar-refractivity contribution >= 4 is 5.97 Å². The van der Waals surface area contributed by atoms with Gasteiger partial charge in [0, 0.05) is 6.42 Å². The molecule has 0 aromatic heterocycles. The standard InChI is InChI=1S/C7H13F2NO2/c1-10-5-7(8,9)4-3-6(11)12-2/h10H,3-5H2,1-2H3. The highest BCUT2D eigenvalue weighted by Gasteiger charge is 2.28. The normalized spacial score (nSPS) is 11.3. The van der Waals surface area contributed by atoms with E-state index in [4.69, 9.17) is 0 Å². The van der Waals surface area contributed by atoms with Crippen LogP contribution in [0.4, 0.5) is 8.78 Å². The van der Waals surface area contributed by atoms with E-state index in [1.165, 1.54) is 14.2 Å². The number of rotatable bonds is 5. The number of halogens is 2. The van der Waals surface area contributed by atoms with Crippen LogP contribution in [0.25, 0.3) is 0 Å². The Balaban J connectivity index is 3.67. The summed E-state index contributed by atoms with van der Waals surface area (Å²) >= 11 is 0. The van der Waals surface area contributed by atoms with Gasteiger partial charge in [0.25, 0.3) is 5.92 Å². The van der Waals surface area contributed by atoms with E-state index in [1.54, 1.807) is 0 Å². The largest absolute Gasteiger partial charge is 0.469 e. The molecule has 0 aromatic rings. The summed E-state index contributed by atoms with van der Waals surface area (Å²) in [5, 5.41) is 2.35. The Labute approximate surface area is 70.1 Å². The Morgan fingerprint density at radius 3 is 2.58 bits per heavy atom. The van der Waals surface area contributed by atoms with Gasteiger partial charge in [0.2, 0.25) is 0 Å². The summed E-state index contributed by atoms with van der Waals surface area (Å²) in [6, 6.07) is 0. The molecule has 0 aromatic carbocycles. The molecule has 0 aliphatic carbocycles. The Kier molecular flexibility index (Phi) is 4.73. The van der Waals surface area contributed by atoms with Crippen LogP contribution in [0.15, 0.2) is 0 Å². The summed E-state index contributed by atoms with van der Waals surface area (Å²) < 4.78 is 29.5. The van der Waals surface area contributed by atoms with Crippen LogP contribution in [0.5, 0.6) is 0 Å². The quantitative estimate of drug-likeness (QED) is 0.637. The molecule has 0 bridgehead atoms. The van der Waals surface area contributed by atoms with Gasteiger partial charge < -0.3 is 10.1 Å². The lowest BCUT2D eigenvalue weighted by atomic mass is 10.2. The van der Waals surface area contributed by atoms with E-state index >= 15 is 0 Å². The maximum atomic E-state index is 12.7. The summed E-state index contributed by atoms with van der Waals surface area (Å²) in [7, 11) is 2.62. The van der Waals surface area contributed by atoms with Gasteiger partial charge in [0.05, 0.1) is 20.1 Å². The van der Waals surface area contributed by atoms with Crippen molar-refractivity contribution in [2.75, 3.05) is 20.7 Å². The summed E-state index contributed by atoms with van der Waals surface area (Å²) in [6.45, 7) is -0.413. The van der Waals surface area contributed by atoms with Crippen LogP contribution in [-0.2, 0) is 9.53 Å². The summed E-state index contributed by atoms with van der Waals surface area (Å²) in [5.74, 6) is -3.44. The average molecular weight is 181 g/mol. The van der Waals surface area contributed by atoms with Gasteiger partial charge in [0.15, 0.2) is 0 Å². The van der Waals surface area contributed by atoms with Crippen LogP contribution in [0.2, 0.25) is 0 Å². The fourth-order valence-electron chi connectivity index (χ4n) is 0.734. The van der Waals surface area contributed by atoms with Gasteiger partial charge in [-0.2, -0.15) is 0 Å². The van der Waals surface area contributed by atoms with E-state index in [0.717, 1.165) is 0 Å². The van der Waals surface area contributed by atoms with Crippen molar-refractivity contribution in [3.05, 3.63) is 0 Å². The minimum absolute atomic E-state index is 0.245. The molecule has 0 saturated carbocycles. The highest BCUT2D eigenvalue weighted by atomic mass is 19.3. The molecule has 1 N–H and O–H groups in total. The highest BCUT2D eigenvalue weighted by Crippen LogP contribution is 2.19. The van der Waals surface area contributed by atoms with E-state index in [0.29, 0.717) is 0 Å². The molecule has 0 aliphatic rings. The molecule has 5 heteroatoms. The second kappa shape index (κ2) is 5.03. The van der Waals surface area contributed by atoms with Crippen molar-refractivity contribution in [2.24, 2.45) is 0 Å².